The highest BCUT2D eigenvalue weighted by Crippen LogP contribution is 2.41. The van der Waals surface area contributed by atoms with Gasteiger partial charge in [-0.05, 0) is 71.2 Å². The van der Waals surface area contributed by atoms with Crippen molar-refractivity contribution < 1.29 is 9.53 Å². The van der Waals surface area contributed by atoms with Crippen molar-refractivity contribution >= 4 is 34.2 Å². The fraction of sp³-hybridized carbons (Fsp3) is 0.316. The number of hydrogen-bond donors (Lipinski definition) is 2. The number of benzene rings is 2. The summed E-state index contributed by atoms with van der Waals surface area (Å²) in [5, 5.41) is 6.39. The first-order valence-electron chi connectivity index (χ1n) is 8.09. The van der Waals surface area contributed by atoms with E-state index in [1.807, 2.05) is 36.4 Å². The lowest BCUT2D eigenvalue weighted by Gasteiger charge is -2.19. The van der Waals surface area contributed by atoms with E-state index in [0.29, 0.717) is 12.5 Å². The van der Waals surface area contributed by atoms with Gasteiger partial charge in [0.05, 0.1) is 19.3 Å². The second-order valence-electron chi connectivity index (χ2n) is 6.00. The number of carbonyl (C=O) groups excluding carboxylic acids is 1. The van der Waals surface area contributed by atoms with Gasteiger partial charge in [0, 0.05) is 9.61 Å². The summed E-state index contributed by atoms with van der Waals surface area (Å²) in [7, 11) is 1.67. The Kier molecular flexibility index (Phi) is 5.73. The van der Waals surface area contributed by atoms with E-state index in [9.17, 15) is 4.79 Å². The SMILES string of the molecule is COc1ccc(C(NCC(=O)Nc2ccccc2I)C2CC2)cc1. The van der Waals surface area contributed by atoms with Crippen molar-refractivity contribution in [2.24, 2.45) is 5.92 Å². The van der Waals surface area contributed by atoms with Gasteiger partial charge in [-0.3, -0.25) is 4.79 Å². The Balaban J connectivity index is 1.60. The van der Waals surface area contributed by atoms with Crippen molar-refractivity contribution in [3.8, 4) is 5.75 Å². The first-order valence-corrected chi connectivity index (χ1v) is 9.17. The lowest BCUT2D eigenvalue weighted by Crippen LogP contribution is -2.32. The number of halogens is 1. The third kappa shape index (κ3) is 4.48. The highest BCUT2D eigenvalue weighted by molar-refractivity contribution is 14.1. The molecular weight excluding hydrogens is 415 g/mol. The Bertz CT molecular complexity index is 699. The second kappa shape index (κ2) is 7.98. The summed E-state index contributed by atoms with van der Waals surface area (Å²) in [5.41, 5.74) is 2.07. The summed E-state index contributed by atoms with van der Waals surface area (Å²) in [6.07, 6.45) is 2.42. The lowest BCUT2D eigenvalue weighted by atomic mass is 10.0. The van der Waals surface area contributed by atoms with Gasteiger partial charge in [0.1, 0.15) is 5.75 Å². The van der Waals surface area contributed by atoms with Crippen LogP contribution in [0.5, 0.6) is 5.75 Å². The zero-order chi connectivity index (χ0) is 16.9. The minimum absolute atomic E-state index is 0.0155. The molecule has 1 atom stereocenters. The molecule has 0 saturated heterocycles. The summed E-state index contributed by atoms with van der Waals surface area (Å²) in [5.74, 6) is 1.45. The van der Waals surface area contributed by atoms with Crippen molar-refractivity contribution in [3.63, 3.8) is 0 Å². The van der Waals surface area contributed by atoms with Crippen LogP contribution in [0.25, 0.3) is 0 Å². The average molecular weight is 436 g/mol. The van der Waals surface area contributed by atoms with E-state index < -0.39 is 0 Å². The van der Waals surface area contributed by atoms with E-state index in [2.05, 4.69) is 45.4 Å². The summed E-state index contributed by atoms with van der Waals surface area (Å²) < 4.78 is 6.25. The number of anilines is 1. The van der Waals surface area contributed by atoms with Crippen LogP contribution in [0.15, 0.2) is 48.5 Å². The van der Waals surface area contributed by atoms with Crippen LogP contribution in [-0.4, -0.2) is 19.6 Å². The fourth-order valence-corrected chi connectivity index (χ4v) is 3.28. The molecule has 0 spiro atoms. The molecule has 1 aliphatic carbocycles. The van der Waals surface area contributed by atoms with Crippen LogP contribution in [0.2, 0.25) is 0 Å². The van der Waals surface area contributed by atoms with Crippen LogP contribution in [0.1, 0.15) is 24.4 Å². The number of amides is 1. The average Bonchev–Trinajstić information content (AvgIpc) is 3.43. The van der Waals surface area contributed by atoms with Crippen LogP contribution in [0, 0.1) is 9.49 Å². The number of nitrogens with one attached hydrogen (secondary N) is 2. The smallest absolute Gasteiger partial charge is 0.238 e. The highest BCUT2D eigenvalue weighted by atomic mass is 127. The summed E-state index contributed by atoms with van der Waals surface area (Å²) in [4.78, 5) is 12.2. The highest BCUT2D eigenvalue weighted by Gasteiger charge is 2.32. The number of carbonyl (C=O) groups is 1. The minimum atomic E-state index is -0.0155. The molecule has 0 aliphatic heterocycles. The Morgan fingerprint density at radius 3 is 2.54 bits per heavy atom. The quantitative estimate of drug-likeness (QED) is 0.646. The molecule has 1 aliphatic rings. The van der Waals surface area contributed by atoms with E-state index in [1.54, 1.807) is 7.11 Å². The predicted molar refractivity (Wildman–Crippen MR) is 104 cm³/mol. The molecule has 5 heteroatoms. The molecule has 0 radical (unpaired) electrons. The van der Waals surface area contributed by atoms with Crippen LogP contribution in [0.4, 0.5) is 5.69 Å². The van der Waals surface area contributed by atoms with E-state index in [0.717, 1.165) is 15.0 Å². The van der Waals surface area contributed by atoms with Gasteiger partial charge >= 0.3 is 0 Å². The molecule has 2 aromatic carbocycles. The van der Waals surface area contributed by atoms with Crippen LogP contribution in [0.3, 0.4) is 0 Å². The zero-order valence-electron chi connectivity index (χ0n) is 13.6. The van der Waals surface area contributed by atoms with E-state index in [1.165, 1.54) is 18.4 Å². The van der Waals surface area contributed by atoms with Crippen molar-refractivity contribution in [1.29, 1.82) is 0 Å². The normalized spacial score (nSPS) is 14.9. The standard InChI is InChI=1S/C19H21IN2O2/c1-24-15-10-8-14(9-11-15)19(13-6-7-13)21-12-18(23)22-17-5-3-2-4-16(17)20/h2-5,8-11,13,19,21H,6-7,12H2,1H3,(H,22,23). The van der Waals surface area contributed by atoms with Gasteiger partial charge in [-0.2, -0.15) is 0 Å². The fourth-order valence-electron chi connectivity index (χ4n) is 2.76. The Morgan fingerprint density at radius 2 is 1.92 bits per heavy atom. The molecule has 24 heavy (non-hydrogen) atoms. The van der Waals surface area contributed by atoms with Crippen molar-refractivity contribution in [2.75, 3.05) is 19.0 Å². The molecule has 2 N–H and O–H groups in total. The number of methoxy groups -OCH3 is 1. The first-order chi connectivity index (χ1) is 11.7. The van der Waals surface area contributed by atoms with Gasteiger partial charge in [-0.1, -0.05) is 24.3 Å². The molecule has 1 amide bonds. The molecule has 0 aromatic heterocycles. The van der Waals surface area contributed by atoms with Gasteiger partial charge in [0.2, 0.25) is 5.91 Å². The summed E-state index contributed by atoms with van der Waals surface area (Å²) in [6.45, 7) is 0.304. The molecule has 3 rings (SSSR count). The van der Waals surface area contributed by atoms with Gasteiger partial charge in [0.15, 0.2) is 0 Å². The van der Waals surface area contributed by atoms with Crippen LogP contribution < -0.4 is 15.4 Å². The maximum absolute atomic E-state index is 12.2. The molecule has 1 fully saturated rings. The number of rotatable bonds is 7. The maximum Gasteiger partial charge on any atom is 0.238 e. The largest absolute Gasteiger partial charge is 0.497 e. The molecule has 1 saturated carbocycles. The number of para-hydroxylation sites is 1. The predicted octanol–water partition coefficient (Wildman–Crippen LogP) is 3.98. The Hall–Kier alpha value is -1.60. The maximum atomic E-state index is 12.2. The Morgan fingerprint density at radius 1 is 1.21 bits per heavy atom. The molecule has 126 valence electrons. The molecule has 1 unspecified atom stereocenters. The molecule has 2 aromatic rings. The van der Waals surface area contributed by atoms with Gasteiger partial charge < -0.3 is 15.4 Å². The zero-order valence-corrected chi connectivity index (χ0v) is 15.7. The molecule has 4 nitrogen and oxygen atoms in total. The first kappa shape index (κ1) is 17.2. The Labute approximate surface area is 156 Å². The third-order valence-corrected chi connectivity index (χ3v) is 5.14. The van der Waals surface area contributed by atoms with Crippen molar-refractivity contribution in [2.45, 2.75) is 18.9 Å². The number of ether oxygens (including phenoxy) is 1. The summed E-state index contributed by atoms with van der Waals surface area (Å²) >= 11 is 2.23. The monoisotopic (exact) mass is 436 g/mol. The molecular formula is C19H21IN2O2. The van der Waals surface area contributed by atoms with E-state index >= 15 is 0 Å². The molecule has 0 bridgehead atoms. The van der Waals surface area contributed by atoms with Crippen LogP contribution in [-0.2, 0) is 4.79 Å². The van der Waals surface area contributed by atoms with Gasteiger partial charge in [-0.15, -0.1) is 0 Å². The summed E-state index contributed by atoms with van der Waals surface area (Å²) in [6, 6.07) is 16.1. The molecule has 0 heterocycles. The van der Waals surface area contributed by atoms with E-state index in [-0.39, 0.29) is 11.9 Å². The van der Waals surface area contributed by atoms with Gasteiger partial charge in [0.25, 0.3) is 0 Å². The minimum Gasteiger partial charge on any atom is -0.497 e. The van der Waals surface area contributed by atoms with E-state index in [4.69, 9.17) is 4.74 Å². The van der Waals surface area contributed by atoms with Crippen molar-refractivity contribution in [3.05, 3.63) is 57.7 Å². The second-order valence-corrected chi connectivity index (χ2v) is 7.16. The van der Waals surface area contributed by atoms with Gasteiger partial charge in [-0.25, -0.2) is 0 Å². The topological polar surface area (TPSA) is 50.4 Å². The van der Waals surface area contributed by atoms with Crippen LogP contribution >= 0.6 is 22.6 Å². The van der Waals surface area contributed by atoms with Crippen molar-refractivity contribution in [1.82, 2.24) is 5.32 Å². The lowest BCUT2D eigenvalue weighted by molar-refractivity contribution is -0.115. The number of hydrogen-bond acceptors (Lipinski definition) is 3. The third-order valence-electron chi connectivity index (χ3n) is 4.20.